The number of carbonyl (C=O) groups is 2. The van der Waals surface area contributed by atoms with E-state index in [2.05, 4.69) is 10.6 Å². The SMILES string of the molecule is CNC(C)C(=O)NC(C(=O)N1CCC[C@H]1c1cccc(C(F)(F)c2ccccc2)c1)C1CCCCC1. The third kappa shape index (κ3) is 5.61. The Kier molecular flexibility index (Phi) is 8.39. The summed E-state index contributed by atoms with van der Waals surface area (Å²) in [4.78, 5) is 28.5. The lowest BCUT2D eigenvalue weighted by Gasteiger charge is -2.35. The van der Waals surface area contributed by atoms with Gasteiger partial charge in [-0.2, -0.15) is 8.78 Å². The van der Waals surface area contributed by atoms with Crippen LogP contribution in [0.5, 0.6) is 0 Å². The summed E-state index contributed by atoms with van der Waals surface area (Å²) < 4.78 is 30.6. The highest BCUT2D eigenvalue weighted by Crippen LogP contribution is 2.39. The number of carbonyl (C=O) groups excluding carboxylic acids is 2. The van der Waals surface area contributed by atoms with Crippen molar-refractivity contribution in [2.75, 3.05) is 13.6 Å². The Hall–Kier alpha value is -2.80. The van der Waals surface area contributed by atoms with Crippen molar-refractivity contribution in [1.82, 2.24) is 15.5 Å². The first-order chi connectivity index (χ1) is 17.3. The van der Waals surface area contributed by atoms with Crippen LogP contribution >= 0.6 is 0 Å². The monoisotopic (exact) mass is 497 g/mol. The molecule has 2 aliphatic rings. The Labute approximate surface area is 212 Å². The summed E-state index contributed by atoms with van der Waals surface area (Å²) in [6.07, 6.45) is 6.56. The van der Waals surface area contributed by atoms with Crippen molar-refractivity contribution in [3.05, 3.63) is 71.3 Å². The van der Waals surface area contributed by atoms with Gasteiger partial charge in [0.2, 0.25) is 11.8 Å². The van der Waals surface area contributed by atoms with Crippen molar-refractivity contribution in [1.29, 1.82) is 0 Å². The predicted molar refractivity (Wildman–Crippen MR) is 137 cm³/mol. The molecule has 194 valence electrons. The highest BCUT2D eigenvalue weighted by Gasteiger charge is 2.40. The molecule has 0 bridgehead atoms. The van der Waals surface area contributed by atoms with Crippen LogP contribution in [0.25, 0.3) is 0 Å². The van der Waals surface area contributed by atoms with Gasteiger partial charge in [-0.25, -0.2) is 0 Å². The number of alkyl halides is 2. The maximum Gasteiger partial charge on any atom is 0.298 e. The van der Waals surface area contributed by atoms with Crippen molar-refractivity contribution < 1.29 is 18.4 Å². The van der Waals surface area contributed by atoms with Gasteiger partial charge in [-0.1, -0.05) is 67.8 Å². The van der Waals surface area contributed by atoms with E-state index in [0.717, 1.165) is 38.5 Å². The molecule has 1 aliphatic carbocycles. The number of hydrogen-bond donors (Lipinski definition) is 2. The lowest BCUT2D eigenvalue weighted by atomic mass is 9.83. The van der Waals surface area contributed by atoms with Gasteiger partial charge in [0.15, 0.2) is 0 Å². The van der Waals surface area contributed by atoms with Crippen molar-refractivity contribution >= 4 is 11.8 Å². The fraction of sp³-hybridized carbons (Fsp3) is 0.517. The zero-order valence-electron chi connectivity index (χ0n) is 21.2. The number of benzene rings is 2. The molecule has 3 atom stereocenters. The molecule has 5 nitrogen and oxygen atoms in total. The summed E-state index contributed by atoms with van der Waals surface area (Å²) in [6.45, 7) is 2.33. The third-order valence-electron chi connectivity index (χ3n) is 7.82. The largest absolute Gasteiger partial charge is 0.343 e. The van der Waals surface area contributed by atoms with Crippen LogP contribution in [0.15, 0.2) is 54.6 Å². The highest BCUT2D eigenvalue weighted by atomic mass is 19.3. The van der Waals surface area contributed by atoms with Gasteiger partial charge < -0.3 is 15.5 Å². The van der Waals surface area contributed by atoms with Crippen molar-refractivity contribution in [2.45, 2.75) is 75.9 Å². The van der Waals surface area contributed by atoms with Crippen molar-refractivity contribution in [3.63, 3.8) is 0 Å². The van der Waals surface area contributed by atoms with E-state index in [1.165, 1.54) is 18.2 Å². The van der Waals surface area contributed by atoms with E-state index < -0.39 is 18.0 Å². The molecule has 2 N–H and O–H groups in total. The average molecular weight is 498 g/mol. The number of hydrogen-bond acceptors (Lipinski definition) is 3. The first kappa shape index (κ1) is 26.3. The number of nitrogens with zero attached hydrogens (tertiary/aromatic N) is 1. The molecule has 1 saturated heterocycles. The minimum Gasteiger partial charge on any atom is -0.343 e. The molecule has 36 heavy (non-hydrogen) atoms. The second kappa shape index (κ2) is 11.5. The molecule has 2 amide bonds. The molecule has 0 radical (unpaired) electrons. The maximum atomic E-state index is 15.3. The number of likely N-dealkylation sites (tertiary alicyclic amines) is 1. The molecule has 0 spiro atoms. The molecule has 7 heteroatoms. The van der Waals surface area contributed by atoms with Gasteiger partial charge in [0.05, 0.1) is 12.1 Å². The fourth-order valence-electron chi connectivity index (χ4n) is 5.57. The summed E-state index contributed by atoms with van der Waals surface area (Å²) >= 11 is 0. The van der Waals surface area contributed by atoms with Crippen molar-refractivity contribution in [3.8, 4) is 0 Å². The van der Waals surface area contributed by atoms with Crippen LogP contribution in [-0.4, -0.2) is 42.4 Å². The second-order valence-electron chi connectivity index (χ2n) is 10.2. The Morgan fingerprint density at radius 2 is 1.64 bits per heavy atom. The summed E-state index contributed by atoms with van der Waals surface area (Å²) in [6, 6.07) is 13.0. The molecule has 2 unspecified atom stereocenters. The number of halogens is 2. The number of nitrogens with one attached hydrogen (secondary N) is 2. The molecule has 0 aromatic heterocycles. The lowest BCUT2D eigenvalue weighted by molar-refractivity contribution is -0.139. The molecule has 2 aromatic carbocycles. The van der Waals surface area contributed by atoms with Gasteiger partial charge in [0, 0.05) is 17.7 Å². The summed E-state index contributed by atoms with van der Waals surface area (Å²) in [5.41, 5.74) is 0.581. The Morgan fingerprint density at radius 1 is 0.944 bits per heavy atom. The normalized spacial score (nSPS) is 20.7. The molecule has 1 aliphatic heterocycles. The van der Waals surface area contributed by atoms with E-state index in [9.17, 15) is 9.59 Å². The Balaban J connectivity index is 1.59. The van der Waals surface area contributed by atoms with Gasteiger partial charge in [0.1, 0.15) is 6.04 Å². The standard InChI is InChI=1S/C29H37F2N3O2/c1-20(32-2)27(35)33-26(21-11-5-3-6-12-21)28(36)34-18-10-17-25(34)22-13-9-16-24(19-22)29(30,31)23-14-7-4-8-15-23/h4,7-9,13-16,19-21,25-26,32H,3,5-6,10-12,17-18H2,1-2H3,(H,33,35)/t20?,25-,26?/m0/s1. The van der Waals surface area contributed by atoms with Crippen LogP contribution in [-0.2, 0) is 15.5 Å². The number of likely N-dealkylation sites (N-methyl/N-ethyl adjacent to an activating group) is 1. The van der Waals surface area contributed by atoms with Crippen LogP contribution in [0, 0.1) is 5.92 Å². The Morgan fingerprint density at radius 3 is 2.33 bits per heavy atom. The Bertz CT molecular complexity index is 1040. The molecule has 1 heterocycles. The van der Waals surface area contributed by atoms with Gasteiger partial charge >= 0.3 is 0 Å². The molecule has 2 fully saturated rings. The zero-order chi connectivity index (χ0) is 25.7. The fourth-order valence-corrected chi connectivity index (χ4v) is 5.57. The third-order valence-corrected chi connectivity index (χ3v) is 7.82. The molecule has 4 rings (SSSR count). The van der Waals surface area contributed by atoms with E-state index in [4.69, 9.17) is 0 Å². The second-order valence-corrected chi connectivity index (χ2v) is 10.2. The quantitative estimate of drug-likeness (QED) is 0.529. The maximum absolute atomic E-state index is 15.3. The van der Waals surface area contributed by atoms with Gasteiger partial charge in [0.25, 0.3) is 5.92 Å². The predicted octanol–water partition coefficient (Wildman–Crippen LogP) is 5.16. The summed E-state index contributed by atoms with van der Waals surface area (Å²) in [7, 11) is 1.72. The van der Waals surface area contributed by atoms with Gasteiger partial charge in [-0.3, -0.25) is 9.59 Å². The first-order valence-electron chi connectivity index (χ1n) is 13.1. The van der Waals surface area contributed by atoms with Crippen LogP contribution in [0.3, 0.4) is 0 Å². The highest BCUT2D eigenvalue weighted by molar-refractivity contribution is 5.90. The van der Waals surface area contributed by atoms with E-state index in [0.29, 0.717) is 18.5 Å². The topological polar surface area (TPSA) is 61.4 Å². The minimum atomic E-state index is -3.13. The summed E-state index contributed by atoms with van der Waals surface area (Å²) in [5.74, 6) is -3.33. The number of amides is 2. The van der Waals surface area contributed by atoms with Crippen LogP contribution in [0.4, 0.5) is 8.78 Å². The zero-order valence-corrected chi connectivity index (χ0v) is 21.2. The number of rotatable bonds is 8. The van der Waals surface area contributed by atoms with Crippen molar-refractivity contribution in [2.24, 2.45) is 5.92 Å². The average Bonchev–Trinajstić information content (AvgIpc) is 3.42. The molecular formula is C29H37F2N3O2. The van der Waals surface area contributed by atoms with Crippen LogP contribution in [0.1, 0.15) is 74.6 Å². The van der Waals surface area contributed by atoms with E-state index >= 15 is 8.78 Å². The summed E-state index contributed by atoms with van der Waals surface area (Å²) in [5, 5.41) is 5.97. The van der Waals surface area contributed by atoms with E-state index in [1.807, 2.05) is 11.0 Å². The first-order valence-corrected chi connectivity index (χ1v) is 13.1. The van der Waals surface area contributed by atoms with Crippen LogP contribution < -0.4 is 10.6 Å². The van der Waals surface area contributed by atoms with E-state index in [1.54, 1.807) is 44.3 Å². The molecule has 2 aromatic rings. The lowest BCUT2D eigenvalue weighted by Crippen LogP contribution is -2.55. The van der Waals surface area contributed by atoms with Gasteiger partial charge in [-0.05, 0) is 57.2 Å². The van der Waals surface area contributed by atoms with E-state index in [-0.39, 0.29) is 34.9 Å². The minimum absolute atomic E-state index is 0.0553. The smallest absolute Gasteiger partial charge is 0.298 e. The molecular weight excluding hydrogens is 460 g/mol. The molecule has 1 saturated carbocycles. The van der Waals surface area contributed by atoms with Crippen LogP contribution in [0.2, 0.25) is 0 Å². The van der Waals surface area contributed by atoms with Gasteiger partial charge in [-0.15, -0.1) is 0 Å².